The number of rotatable bonds is 4. The number of nitrogens with zero attached hydrogens (tertiary/aromatic N) is 5. The molecule has 0 bridgehead atoms. The number of likely N-dealkylation sites (N-methyl/N-ethyl adjacent to an activating group) is 1. The average Bonchev–Trinajstić information content (AvgIpc) is 2.62. The summed E-state index contributed by atoms with van der Waals surface area (Å²) < 4.78 is 0. The second-order valence-electron chi connectivity index (χ2n) is 6.92. The van der Waals surface area contributed by atoms with Crippen molar-refractivity contribution in [3.05, 3.63) is 23.8 Å². The Labute approximate surface area is 144 Å². The van der Waals surface area contributed by atoms with E-state index in [4.69, 9.17) is 0 Å². The van der Waals surface area contributed by atoms with Gasteiger partial charge in [0.15, 0.2) is 0 Å². The highest BCUT2D eigenvalue weighted by Crippen LogP contribution is 2.25. The molecule has 1 aromatic rings. The number of piperidine rings is 1. The van der Waals surface area contributed by atoms with Crippen molar-refractivity contribution < 1.29 is 4.79 Å². The van der Waals surface area contributed by atoms with Crippen molar-refractivity contribution in [3.8, 4) is 0 Å². The molecule has 3 heterocycles. The van der Waals surface area contributed by atoms with Crippen molar-refractivity contribution in [2.75, 3.05) is 52.4 Å². The normalized spacial score (nSPS) is 23.4. The lowest BCUT2D eigenvalue weighted by Gasteiger charge is -2.37. The van der Waals surface area contributed by atoms with Gasteiger partial charge in [0.25, 0.3) is 0 Å². The summed E-state index contributed by atoms with van der Waals surface area (Å²) >= 11 is 0. The van der Waals surface area contributed by atoms with E-state index in [9.17, 15) is 4.79 Å². The summed E-state index contributed by atoms with van der Waals surface area (Å²) in [5, 5.41) is 0. The summed E-state index contributed by atoms with van der Waals surface area (Å²) in [4.78, 5) is 28.2. The number of carbonyl (C=O) groups excluding carboxylic acids is 1. The highest BCUT2D eigenvalue weighted by molar-refractivity contribution is 5.78. The Balaban J connectivity index is 1.53. The zero-order chi connectivity index (χ0) is 16.9. The van der Waals surface area contributed by atoms with Gasteiger partial charge in [-0.1, -0.05) is 6.92 Å². The molecule has 0 N–H and O–H groups in total. The summed E-state index contributed by atoms with van der Waals surface area (Å²) in [7, 11) is 0. The summed E-state index contributed by atoms with van der Waals surface area (Å²) in [6.07, 6.45) is 3.99. The smallest absolute Gasteiger partial charge is 0.236 e. The number of carbonyl (C=O) groups is 1. The molecule has 1 amide bonds. The Hall–Kier alpha value is -1.53. The van der Waals surface area contributed by atoms with E-state index in [0.717, 1.165) is 70.2 Å². The van der Waals surface area contributed by atoms with E-state index in [1.54, 1.807) is 0 Å². The number of likely N-dealkylation sites (tertiary alicyclic amines) is 1. The maximum absolute atomic E-state index is 12.7. The van der Waals surface area contributed by atoms with Crippen LogP contribution in [0.15, 0.2) is 12.3 Å². The standard InChI is InChI=1S/C18H29N5O/c1-3-21-9-11-22(12-10-21)14-18(24)23-8-4-5-16(13-23)17-6-7-19-15(2)20-17/h6-7,16H,3-5,8-14H2,1-2H3/t16-/m0/s1. The molecule has 6 heteroatoms. The molecule has 0 unspecified atom stereocenters. The number of aryl methyl sites for hydroxylation is 1. The first kappa shape index (κ1) is 17.3. The Morgan fingerprint density at radius 2 is 1.96 bits per heavy atom. The second-order valence-corrected chi connectivity index (χ2v) is 6.92. The molecule has 0 spiro atoms. The van der Waals surface area contributed by atoms with Crippen LogP contribution < -0.4 is 0 Å². The van der Waals surface area contributed by atoms with Crippen LogP contribution in [0, 0.1) is 6.92 Å². The van der Waals surface area contributed by atoms with Crippen molar-refractivity contribution in [1.29, 1.82) is 0 Å². The Kier molecular flexibility index (Phi) is 5.79. The molecule has 24 heavy (non-hydrogen) atoms. The summed E-state index contributed by atoms with van der Waals surface area (Å²) in [6.45, 7) is 11.6. The summed E-state index contributed by atoms with van der Waals surface area (Å²) in [6, 6.07) is 2.00. The minimum absolute atomic E-state index is 0.274. The maximum atomic E-state index is 12.7. The molecule has 2 aliphatic rings. The maximum Gasteiger partial charge on any atom is 0.236 e. The first-order valence-corrected chi connectivity index (χ1v) is 9.17. The highest BCUT2D eigenvalue weighted by atomic mass is 16.2. The van der Waals surface area contributed by atoms with Crippen molar-refractivity contribution in [2.45, 2.75) is 32.6 Å². The predicted octanol–water partition coefficient (Wildman–Crippen LogP) is 1.13. The zero-order valence-corrected chi connectivity index (χ0v) is 14.9. The molecule has 0 saturated carbocycles. The third-order valence-corrected chi connectivity index (χ3v) is 5.26. The third-order valence-electron chi connectivity index (χ3n) is 5.26. The van der Waals surface area contributed by atoms with Crippen LogP contribution in [0.2, 0.25) is 0 Å². The van der Waals surface area contributed by atoms with Gasteiger partial charge in [0, 0.05) is 57.1 Å². The lowest BCUT2D eigenvalue weighted by atomic mass is 9.94. The SMILES string of the molecule is CCN1CCN(CC(=O)N2CCC[C@H](c3ccnc(C)n3)C2)CC1. The Morgan fingerprint density at radius 3 is 2.67 bits per heavy atom. The molecule has 3 rings (SSSR count). The number of amides is 1. The second kappa shape index (κ2) is 8.03. The quantitative estimate of drug-likeness (QED) is 0.828. The molecular weight excluding hydrogens is 302 g/mol. The van der Waals surface area contributed by atoms with Crippen LogP contribution >= 0.6 is 0 Å². The number of aromatic nitrogens is 2. The van der Waals surface area contributed by atoms with Gasteiger partial charge in [-0.25, -0.2) is 9.97 Å². The average molecular weight is 331 g/mol. The van der Waals surface area contributed by atoms with Crippen molar-refractivity contribution >= 4 is 5.91 Å². The number of hydrogen-bond acceptors (Lipinski definition) is 5. The lowest BCUT2D eigenvalue weighted by Crippen LogP contribution is -2.51. The fourth-order valence-corrected chi connectivity index (χ4v) is 3.70. The zero-order valence-electron chi connectivity index (χ0n) is 14.9. The largest absolute Gasteiger partial charge is 0.341 e. The van der Waals surface area contributed by atoms with Crippen LogP contribution in [0.5, 0.6) is 0 Å². The van der Waals surface area contributed by atoms with Crippen LogP contribution in [0.3, 0.4) is 0 Å². The molecule has 2 saturated heterocycles. The number of hydrogen-bond donors (Lipinski definition) is 0. The van der Waals surface area contributed by atoms with Gasteiger partial charge in [-0.05, 0) is 32.4 Å². The van der Waals surface area contributed by atoms with E-state index in [1.807, 2.05) is 24.1 Å². The van der Waals surface area contributed by atoms with Crippen LogP contribution in [0.1, 0.15) is 37.2 Å². The topological polar surface area (TPSA) is 52.6 Å². The monoisotopic (exact) mass is 331 g/mol. The van der Waals surface area contributed by atoms with Crippen LogP contribution in [-0.2, 0) is 4.79 Å². The van der Waals surface area contributed by atoms with Gasteiger partial charge in [0.05, 0.1) is 6.54 Å². The van der Waals surface area contributed by atoms with E-state index in [-0.39, 0.29) is 5.91 Å². The summed E-state index contributed by atoms with van der Waals surface area (Å²) in [5.41, 5.74) is 1.08. The van der Waals surface area contributed by atoms with Crippen molar-refractivity contribution in [1.82, 2.24) is 24.7 Å². The van der Waals surface area contributed by atoms with Crippen LogP contribution in [-0.4, -0.2) is 82.9 Å². The fraction of sp³-hybridized carbons (Fsp3) is 0.722. The molecule has 6 nitrogen and oxygen atoms in total. The van der Waals surface area contributed by atoms with Gasteiger partial charge < -0.3 is 9.80 Å². The fourth-order valence-electron chi connectivity index (χ4n) is 3.70. The van der Waals surface area contributed by atoms with E-state index < -0.39 is 0 Å². The van der Waals surface area contributed by atoms with Crippen molar-refractivity contribution in [3.63, 3.8) is 0 Å². The van der Waals surface area contributed by atoms with Gasteiger partial charge in [-0.15, -0.1) is 0 Å². The van der Waals surface area contributed by atoms with Gasteiger partial charge in [0.2, 0.25) is 5.91 Å². The van der Waals surface area contributed by atoms with Crippen molar-refractivity contribution in [2.24, 2.45) is 0 Å². The molecule has 1 aromatic heterocycles. The van der Waals surface area contributed by atoms with Gasteiger partial charge in [0.1, 0.15) is 5.82 Å². The first-order valence-electron chi connectivity index (χ1n) is 9.17. The Morgan fingerprint density at radius 1 is 1.21 bits per heavy atom. The first-order chi connectivity index (χ1) is 11.7. The van der Waals surface area contributed by atoms with E-state index >= 15 is 0 Å². The molecule has 0 radical (unpaired) electrons. The third kappa shape index (κ3) is 4.30. The highest BCUT2D eigenvalue weighted by Gasteiger charge is 2.27. The molecule has 1 atom stereocenters. The minimum Gasteiger partial charge on any atom is -0.341 e. The van der Waals surface area contributed by atoms with Crippen LogP contribution in [0.4, 0.5) is 0 Å². The summed E-state index contributed by atoms with van der Waals surface area (Å²) in [5.74, 6) is 1.43. The molecule has 2 fully saturated rings. The van der Waals surface area contributed by atoms with E-state index in [2.05, 4.69) is 26.7 Å². The van der Waals surface area contributed by atoms with E-state index in [1.165, 1.54) is 0 Å². The minimum atomic E-state index is 0.274. The van der Waals surface area contributed by atoms with Gasteiger partial charge >= 0.3 is 0 Å². The van der Waals surface area contributed by atoms with Crippen LogP contribution in [0.25, 0.3) is 0 Å². The molecular formula is C18H29N5O. The van der Waals surface area contributed by atoms with Gasteiger partial charge in [-0.3, -0.25) is 9.69 Å². The number of piperazine rings is 1. The van der Waals surface area contributed by atoms with Gasteiger partial charge in [-0.2, -0.15) is 0 Å². The molecule has 132 valence electrons. The van der Waals surface area contributed by atoms with E-state index in [0.29, 0.717) is 12.5 Å². The molecule has 2 aliphatic heterocycles. The lowest BCUT2D eigenvalue weighted by molar-refractivity contribution is -0.134. The molecule has 0 aliphatic carbocycles. The predicted molar refractivity (Wildman–Crippen MR) is 93.9 cm³/mol. The Bertz CT molecular complexity index is 556. The molecule has 0 aromatic carbocycles.